The normalized spacial score (nSPS) is 14.3. The summed E-state index contributed by atoms with van der Waals surface area (Å²) in [5.74, 6) is -0.0878. The van der Waals surface area contributed by atoms with Crippen molar-refractivity contribution >= 4 is 5.97 Å². The number of nitrogens with one attached hydrogen (secondary N) is 1. The Bertz CT molecular complexity index is 362. The lowest BCUT2D eigenvalue weighted by Gasteiger charge is -2.25. The molecule has 0 aromatic heterocycles. The third kappa shape index (κ3) is 4.15. The van der Waals surface area contributed by atoms with Crippen LogP contribution >= 0.6 is 0 Å². The molecule has 2 atom stereocenters. The van der Waals surface area contributed by atoms with Gasteiger partial charge in [0.05, 0.1) is 6.61 Å². The molecule has 0 aliphatic heterocycles. The molecular weight excluding hydrogens is 226 g/mol. The van der Waals surface area contributed by atoms with Gasteiger partial charge in [-0.3, -0.25) is 4.79 Å². The van der Waals surface area contributed by atoms with Crippen LogP contribution in [0.2, 0.25) is 0 Å². The van der Waals surface area contributed by atoms with Gasteiger partial charge in [-0.2, -0.15) is 0 Å². The number of carbonyl (C=O) groups excluding carboxylic acids is 1. The zero-order valence-corrected chi connectivity index (χ0v) is 11.6. The van der Waals surface area contributed by atoms with Crippen LogP contribution in [0.1, 0.15) is 39.2 Å². The van der Waals surface area contributed by atoms with Crippen molar-refractivity contribution in [2.75, 3.05) is 6.61 Å². The Labute approximate surface area is 110 Å². The lowest BCUT2D eigenvalue weighted by atomic mass is 9.93. The van der Waals surface area contributed by atoms with Gasteiger partial charge >= 0.3 is 5.97 Å². The molecule has 1 N–H and O–H groups in total. The first-order chi connectivity index (χ1) is 8.56. The van der Waals surface area contributed by atoms with Gasteiger partial charge in [-0.25, -0.2) is 0 Å². The standard InChI is InChI=1S/C15H23NO2/c1-5-18-15(17)14(16-11(2)3)12(4)13-9-7-6-8-10-13/h6-12,14,16H,5H2,1-4H3. The van der Waals surface area contributed by atoms with Crippen molar-refractivity contribution in [3.63, 3.8) is 0 Å². The van der Waals surface area contributed by atoms with E-state index >= 15 is 0 Å². The van der Waals surface area contributed by atoms with Gasteiger partial charge in [0.15, 0.2) is 0 Å². The summed E-state index contributed by atoms with van der Waals surface area (Å²) in [5.41, 5.74) is 1.14. The van der Waals surface area contributed by atoms with Gasteiger partial charge in [-0.1, -0.05) is 51.1 Å². The van der Waals surface area contributed by atoms with Crippen molar-refractivity contribution in [3.8, 4) is 0 Å². The minimum Gasteiger partial charge on any atom is -0.465 e. The first-order valence-electron chi connectivity index (χ1n) is 6.53. The van der Waals surface area contributed by atoms with E-state index in [1.807, 2.05) is 58.0 Å². The summed E-state index contributed by atoms with van der Waals surface area (Å²) >= 11 is 0. The molecule has 0 spiro atoms. The van der Waals surface area contributed by atoms with Crippen molar-refractivity contribution in [1.29, 1.82) is 0 Å². The van der Waals surface area contributed by atoms with E-state index in [2.05, 4.69) is 5.32 Å². The predicted molar refractivity (Wildman–Crippen MR) is 73.5 cm³/mol. The molecule has 0 heterocycles. The van der Waals surface area contributed by atoms with Gasteiger partial charge in [0, 0.05) is 12.0 Å². The summed E-state index contributed by atoms with van der Waals surface area (Å²) in [5, 5.41) is 3.29. The van der Waals surface area contributed by atoms with Crippen LogP contribution in [-0.4, -0.2) is 24.7 Å². The summed E-state index contributed by atoms with van der Waals surface area (Å²) < 4.78 is 5.15. The molecule has 1 rings (SSSR count). The molecule has 0 bridgehead atoms. The molecule has 0 saturated heterocycles. The summed E-state index contributed by atoms with van der Waals surface area (Å²) in [4.78, 5) is 12.0. The Morgan fingerprint density at radius 3 is 2.33 bits per heavy atom. The Morgan fingerprint density at radius 1 is 1.22 bits per heavy atom. The number of ether oxygens (including phenoxy) is 1. The van der Waals surface area contributed by atoms with E-state index in [1.54, 1.807) is 0 Å². The summed E-state index contributed by atoms with van der Waals surface area (Å²) in [6.07, 6.45) is 0. The highest BCUT2D eigenvalue weighted by Crippen LogP contribution is 2.20. The SMILES string of the molecule is CCOC(=O)C(NC(C)C)C(C)c1ccccc1. The number of carbonyl (C=O) groups is 1. The van der Waals surface area contributed by atoms with E-state index in [9.17, 15) is 4.79 Å². The van der Waals surface area contributed by atoms with Gasteiger partial charge in [0.1, 0.15) is 6.04 Å². The molecule has 3 heteroatoms. The maximum Gasteiger partial charge on any atom is 0.323 e. The second kappa shape index (κ2) is 7.17. The molecule has 0 radical (unpaired) electrons. The number of hydrogen-bond acceptors (Lipinski definition) is 3. The van der Waals surface area contributed by atoms with Crippen molar-refractivity contribution in [2.45, 2.75) is 45.7 Å². The van der Waals surface area contributed by atoms with Crippen LogP contribution < -0.4 is 5.32 Å². The van der Waals surface area contributed by atoms with Crippen molar-refractivity contribution < 1.29 is 9.53 Å². The third-order valence-electron chi connectivity index (χ3n) is 2.88. The quantitative estimate of drug-likeness (QED) is 0.788. The first-order valence-corrected chi connectivity index (χ1v) is 6.53. The topological polar surface area (TPSA) is 38.3 Å². The Morgan fingerprint density at radius 2 is 1.83 bits per heavy atom. The lowest BCUT2D eigenvalue weighted by Crippen LogP contribution is -2.45. The molecule has 18 heavy (non-hydrogen) atoms. The summed E-state index contributed by atoms with van der Waals surface area (Å²) in [7, 11) is 0. The number of benzene rings is 1. The smallest absolute Gasteiger partial charge is 0.323 e. The average molecular weight is 249 g/mol. The zero-order chi connectivity index (χ0) is 13.5. The minimum absolute atomic E-state index is 0.0904. The summed E-state index contributed by atoms with van der Waals surface area (Å²) in [6, 6.07) is 9.98. The molecule has 0 aliphatic rings. The fraction of sp³-hybridized carbons (Fsp3) is 0.533. The van der Waals surface area contributed by atoms with Crippen LogP contribution in [0.25, 0.3) is 0 Å². The highest BCUT2D eigenvalue weighted by atomic mass is 16.5. The maximum atomic E-state index is 12.0. The van der Waals surface area contributed by atoms with Crippen LogP contribution in [0.5, 0.6) is 0 Å². The fourth-order valence-electron chi connectivity index (χ4n) is 1.96. The van der Waals surface area contributed by atoms with Crippen LogP contribution in [0, 0.1) is 0 Å². The molecule has 1 aromatic carbocycles. The van der Waals surface area contributed by atoms with E-state index in [0.29, 0.717) is 6.61 Å². The number of hydrogen-bond donors (Lipinski definition) is 1. The molecule has 2 unspecified atom stereocenters. The van der Waals surface area contributed by atoms with Gasteiger partial charge in [0.2, 0.25) is 0 Å². The molecular formula is C15H23NO2. The van der Waals surface area contributed by atoms with E-state index < -0.39 is 0 Å². The zero-order valence-electron chi connectivity index (χ0n) is 11.6. The Hall–Kier alpha value is -1.35. The predicted octanol–water partition coefficient (Wildman–Crippen LogP) is 2.72. The van der Waals surface area contributed by atoms with Crippen molar-refractivity contribution in [2.24, 2.45) is 0 Å². The lowest BCUT2D eigenvalue weighted by molar-refractivity contribution is -0.146. The van der Waals surface area contributed by atoms with Gasteiger partial charge in [-0.15, -0.1) is 0 Å². The van der Waals surface area contributed by atoms with Gasteiger partial charge in [-0.05, 0) is 12.5 Å². The van der Waals surface area contributed by atoms with E-state index in [1.165, 1.54) is 0 Å². The highest BCUT2D eigenvalue weighted by Gasteiger charge is 2.27. The molecule has 0 amide bonds. The number of esters is 1. The molecule has 0 fully saturated rings. The van der Waals surface area contributed by atoms with E-state index in [0.717, 1.165) is 5.56 Å². The third-order valence-corrected chi connectivity index (χ3v) is 2.88. The van der Waals surface area contributed by atoms with Crippen LogP contribution in [0.15, 0.2) is 30.3 Å². The minimum atomic E-state index is -0.299. The van der Waals surface area contributed by atoms with Crippen LogP contribution in [0.3, 0.4) is 0 Å². The van der Waals surface area contributed by atoms with E-state index in [-0.39, 0.29) is 24.0 Å². The molecule has 1 aromatic rings. The number of rotatable bonds is 6. The Kier molecular flexibility index (Phi) is 5.86. The van der Waals surface area contributed by atoms with Crippen LogP contribution in [0.4, 0.5) is 0 Å². The first kappa shape index (κ1) is 14.7. The second-order valence-corrected chi connectivity index (χ2v) is 4.75. The van der Waals surface area contributed by atoms with E-state index in [4.69, 9.17) is 4.74 Å². The van der Waals surface area contributed by atoms with Crippen LogP contribution in [-0.2, 0) is 9.53 Å². The monoisotopic (exact) mass is 249 g/mol. The average Bonchev–Trinajstić information content (AvgIpc) is 2.36. The Balaban J connectivity index is 2.85. The largest absolute Gasteiger partial charge is 0.465 e. The van der Waals surface area contributed by atoms with Gasteiger partial charge in [0.25, 0.3) is 0 Å². The maximum absolute atomic E-state index is 12.0. The highest BCUT2D eigenvalue weighted by molar-refractivity contribution is 5.77. The van der Waals surface area contributed by atoms with Gasteiger partial charge < -0.3 is 10.1 Å². The molecule has 3 nitrogen and oxygen atoms in total. The second-order valence-electron chi connectivity index (χ2n) is 4.75. The summed E-state index contributed by atoms with van der Waals surface area (Å²) in [6.45, 7) is 8.36. The fourth-order valence-corrected chi connectivity index (χ4v) is 1.96. The van der Waals surface area contributed by atoms with Crippen molar-refractivity contribution in [1.82, 2.24) is 5.32 Å². The van der Waals surface area contributed by atoms with Crippen molar-refractivity contribution in [3.05, 3.63) is 35.9 Å². The molecule has 0 aliphatic carbocycles. The molecule has 100 valence electrons. The molecule has 0 saturated carbocycles.